The molecule has 0 unspecified atom stereocenters. The highest BCUT2D eigenvalue weighted by Crippen LogP contribution is 2.22. The summed E-state index contributed by atoms with van der Waals surface area (Å²) >= 11 is 0. The Hall–Kier alpha value is -3.15. The molecule has 1 atom stereocenters. The molecule has 0 spiro atoms. The van der Waals surface area contributed by atoms with Crippen LogP contribution < -0.4 is 10.1 Å². The Morgan fingerprint density at radius 1 is 1.12 bits per heavy atom. The highest BCUT2D eigenvalue weighted by atomic mass is 16.5. The van der Waals surface area contributed by atoms with Crippen LogP contribution in [0.2, 0.25) is 0 Å². The van der Waals surface area contributed by atoms with Crippen LogP contribution in [0, 0.1) is 20.8 Å². The molecule has 0 bridgehead atoms. The lowest BCUT2D eigenvalue weighted by atomic mass is 10.1. The second-order valence-electron chi connectivity index (χ2n) is 6.24. The van der Waals surface area contributed by atoms with Crippen LogP contribution in [0.1, 0.15) is 23.6 Å². The molecule has 0 radical (unpaired) electrons. The second-order valence-corrected chi connectivity index (χ2v) is 6.24. The quantitative estimate of drug-likeness (QED) is 0.750. The minimum atomic E-state index is -0.697. The van der Waals surface area contributed by atoms with Crippen molar-refractivity contribution in [2.45, 2.75) is 33.8 Å². The van der Waals surface area contributed by atoms with Crippen molar-refractivity contribution in [1.82, 2.24) is 10.1 Å². The van der Waals surface area contributed by atoms with Gasteiger partial charge in [-0.3, -0.25) is 10.1 Å². The Morgan fingerprint density at radius 3 is 2.58 bits per heavy atom. The molecular formula is C20H21N3O3. The number of carbonyl (C=O) groups is 1. The Kier molecular flexibility index (Phi) is 5.02. The maximum Gasteiger partial charge on any atom is 0.270 e. The highest BCUT2D eigenvalue weighted by Gasteiger charge is 2.19. The fourth-order valence-corrected chi connectivity index (χ4v) is 2.40. The van der Waals surface area contributed by atoms with Crippen molar-refractivity contribution in [2.24, 2.45) is 0 Å². The number of carbonyl (C=O) groups excluding carboxylic acids is 1. The molecule has 0 aliphatic carbocycles. The van der Waals surface area contributed by atoms with Crippen LogP contribution in [0.4, 0.5) is 5.95 Å². The van der Waals surface area contributed by atoms with E-state index in [4.69, 9.17) is 9.26 Å². The fourth-order valence-electron chi connectivity index (χ4n) is 2.40. The number of benzene rings is 2. The lowest BCUT2D eigenvalue weighted by molar-refractivity contribution is -0.122. The molecule has 26 heavy (non-hydrogen) atoms. The van der Waals surface area contributed by atoms with Gasteiger partial charge >= 0.3 is 0 Å². The van der Waals surface area contributed by atoms with Crippen molar-refractivity contribution in [3.63, 3.8) is 0 Å². The molecule has 0 aliphatic heterocycles. The summed E-state index contributed by atoms with van der Waals surface area (Å²) in [6.07, 6.45) is -0.697. The number of aryl methyl sites for hydroxylation is 2. The van der Waals surface area contributed by atoms with E-state index in [0.717, 1.165) is 22.3 Å². The summed E-state index contributed by atoms with van der Waals surface area (Å²) in [5.41, 5.74) is 4.05. The maximum atomic E-state index is 12.3. The zero-order chi connectivity index (χ0) is 18.7. The minimum Gasteiger partial charge on any atom is -0.481 e. The summed E-state index contributed by atoms with van der Waals surface area (Å²) in [7, 11) is 0. The monoisotopic (exact) mass is 351 g/mol. The molecule has 0 saturated carbocycles. The molecule has 3 aromatic rings. The summed E-state index contributed by atoms with van der Waals surface area (Å²) in [5.74, 6) is 0.800. The van der Waals surface area contributed by atoms with Crippen LogP contribution in [-0.2, 0) is 4.79 Å². The number of hydrogen-bond acceptors (Lipinski definition) is 5. The number of rotatable bonds is 5. The van der Waals surface area contributed by atoms with Crippen LogP contribution in [0.15, 0.2) is 47.0 Å². The molecule has 2 aromatic carbocycles. The lowest BCUT2D eigenvalue weighted by Crippen LogP contribution is -2.30. The average Bonchev–Trinajstić information content (AvgIpc) is 3.08. The molecule has 134 valence electrons. The number of anilines is 1. The summed E-state index contributed by atoms with van der Waals surface area (Å²) in [4.78, 5) is 16.6. The molecule has 1 heterocycles. The van der Waals surface area contributed by atoms with E-state index in [0.29, 0.717) is 11.6 Å². The minimum absolute atomic E-state index is 0.113. The number of hydrogen-bond donors (Lipinski definition) is 1. The third kappa shape index (κ3) is 3.91. The van der Waals surface area contributed by atoms with E-state index in [1.54, 1.807) is 6.92 Å². The normalized spacial score (nSPS) is 11.8. The first-order valence-electron chi connectivity index (χ1n) is 8.38. The smallest absolute Gasteiger partial charge is 0.270 e. The van der Waals surface area contributed by atoms with Crippen molar-refractivity contribution in [2.75, 3.05) is 5.32 Å². The van der Waals surface area contributed by atoms with E-state index in [9.17, 15) is 4.79 Å². The third-order valence-corrected chi connectivity index (χ3v) is 4.19. The van der Waals surface area contributed by atoms with Gasteiger partial charge in [0.05, 0.1) is 0 Å². The van der Waals surface area contributed by atoms with Gasteiger partial charge in [0.1, 0.15) is 5.75 Å². The van der Waals surface area contributed by atoms with E-state index in [-0.39, 0.29) is 11.9 Å². The molecule has 0 fully saturated rings. The van der Waals surface area contributed by atoms with Gasteiger partial charge in [0.2, 0.25) is 0 Å². The first kappa shape index (κ1) is 17.7. The predicted molar refractivity (Wildman–Crippen MR) is 99.1 cm³/mol. The Balaban J connectivity index is 1.66. The van der Waals surface area contributed by atoms with Crippen LogP contribution in [0.25, 0.3) is 11.5 Å². The number of amides is 1. The van der Waals surface area contributed by atoms with Gasteiger partial charge in [0.25, 0.3) is 17.7 Å². The Labute approximate surface area is 152 Å². The molecular weight excluding hydrogens is 330 g/mol. The summed E-state index contributed by atoms with van der Waals surface area (Å²) < 4.78 is 11.0. The van der Waals surface area contributed by atoms with E-state index < -0.39 is 6.10 Å². The average molecular weight is 351 g/mol. The molecule has 1 amide bonds. The van der Waals surface area contributed by atoms with Crippen molar-refractivity contribution in [1.29, 1.82) is 0 Å². The molecule has 1 N–H and O–H groups in total. The maximum absolute atomic E-state index is 12.3. The third-order valence-electron chi connectivity index (χ3n) is 4.19. The van der Waals surface area contributed by atoms with Gasteiger partial charge in [-0.2, -0.15) is 4.98 Å². The zero-order valence-electron chi connectivity index (χ0n) is 15.2. The number of nitrogens with one attached hydrogen (secondary N) is 1. The van der Waals surface area contributed by atoms with Crippen LogP contribution in [0.5, 0.6) is 5.75 Å². The van der Waals surface area contributed by atoms with Gasteiger partial charge in [-0.1, -0.05) is 29.8 Å². The fraction of sp³-hybridized carbons (Fsp3) is 0.250. The first-order valence-corrected chi connectivity index (χ1v) is 8.38. The first-order chi connectivity index (χ1) is 12.4. The van der Waals surface area contributed by atoms with Gasteiger partial charge < -0.3 is 9.26 Å². The van der Waals surface area contributed by atoms with Crippen molar-refractivity contribution in [3.05, 3.63) is 59.2 Å². The van der Waals surface area contributed by atoms with Crippen LogP contribution in [-0.4, -0.2) is 22.2 Å². The predicted octanol–water partition coefficient (Wildman–Crippen LogP) is 4.07. The number of nitrogens with zero attached hydrogens (tertiary/aromatic N) is 2. The second kappa shape index (κ2) is 7.39. The lowest BCUT2D eigenvalue weighted by Gasteiger charge is -2.16. The highest BCUT2D eigenvalue weighted by molar-refractivity contribution is 5.92. The van der Waals surface area contributed by atoms with Crippen molar-refractivity contribution >= 4 is 11.9 Å². The SMILES string of the molecule is Cc1ccc(-c2nc(NC(=O)[C@H](C)Oc3cccc(C)c3C)no2)cc1. The van der Waals surface area contributed by atoms with Gasteiger partial charge in [0.15, 0.2) is 6.10 Å². The molecule has 0 saturated heterocycles. The number of aromatic nitrogens is 2. The summed E-state index contributed by atoms with van der Waals surface area (Å²) in [5, 5.41) is 6.42. The topological polar surface area (TPSA) is 77.2 Å². The zero-order valence-corrected chi connectivity index (χ0v) is 15.2. The Bertz CT molecular complexity index is 916. The molecule has 0 aliphatic rings. The van der Waals surface area contributed by atoms with E-state index >= 15 is 0 Å². The molecule has 3 rings (SSSR count). The van der Waals surface area contributed by atoms with Crippen LogP contribution >= 0.6 is 0 Å². The van der Waals surface area contributed by atoms with Crippen LogP contribution in [0.3, 0.4) is 0 Å². The largest absolute Gasteiger partial charge is 0.481 e. The van der Waals surface area contributed by atoms with E-state index in [1.165, 1.54) is 0 Å². The summed E-state index contributed by atoms with van der Waals surface area (Å²) in [6, 6.07) is 13.4. The van der Waals surface area contributed by atoms with E-state index in [1.807, 2.05) is 63.2 Å². The summed E-state index contributed by atoms with van der Waals surface area (Å²) in [6.45, 7) is 7.64. The van der Waals surface area contributed by atoms with Gasteiger partial charge in [-0.25, -0.2) is 0 Å². The van der Waals surface area contributed by atoms with Crippen molar-refractivity contribution < 1.29 is 14.1 Å². The standard InChI is InChI=1S/C20H21N3O3/c1-12-8-10-16(11-9-12)19-22-20(23-26-19)21-18(24)15(4)25-17-7-5-6-13(2)14(17)3/h5-11,15H,1-4H3,(H,21,23,24)/t15-/m0/s1. The molecule has 6 heteroatoms. The van der Waals surface area contributed by atoms with Crippen molar-refractivity contribution in [3.8, 4) is 17.2 Å². The van der Waals surface area contributed by atoms with E-state index in [2.05, 4.69) is 15.5 Å². The molecule has 1 aromatic heterocycles. The van der Waals surface area contributed by atoms with Gasteiger partial charge in [-0.05, 0) is 62.2 Å². The Morgan fingerprint density at radius 2 is 1.85 bits per heavy atom. The molecule has 6 nitrogen and oxygen atoms in total. The van der Waals surface area contributed by atoms with Gasteiger partial charge in [-0.15, -0.1) is 0 Å². The van der Waals surface area contributed by atoms with Gasteiger partial charge in [0, 0.05) is 5.56 Å². The number of ether oxygens (including phenoxy) is 1.